The van der Waals surface area contributed by atoms with Crippen molar-refractivity contribution in [2.45, 2.75) is 25.6 Å². The number of alkyl halides is 3. The summed E-state index contributed by atoms with van der Waals surface area (Å²) in [4.78, 5) is 26.4. The number of amides is 2. The van der Waals surface area contributed by atoms with Crippen LogP contribution in [-0.2, 0) is 15.8 Å². The van der Waals surface area contributed by atoms with Crippen molar-refractivity contribution >= 4 is 23.2 Å². The van der Waals surface area contributed by atoms with Crippen LogP contribution in [0.2, 0.25) is 0 Å². The minimum Gasteiger partial charge on any atom is -0.476 e. The highest BCUT2D eigenvalue weighted by Gasteiger charge is 2.33. The van der Waals surface area contributed by atoms with Crippen LogP contribution in [0.15, 0.2) is 42.5 Å². The normalized spacial score (nSPS) is 15.6. The third-order valence-corrected chi connectivity index (χ3v) is 4.57. The van der Waals surface area contributed by atoms with Crippen LogP contribution in [0.25, 0.3) is 0 Å². The second-order valence-electron chi connectivity index (χ2n) is 7.02. The van der Waals surface area contributed by atoms with E-state index in [1.54, 1.807) is 0 Å². The lowest BCUT2D eigenvalue weighted by atomic mass is 10.1. The summed E-state index contributed by atoms with van der Waals surface area (Å²) in [6.07, 6.45) is -4.79. The highest BCUT2D eigenvalue weighted by molar-refractivity contribution is 5.95. The molecule has 2 amide bonds. The first kappa shape index (κ1) is 22.4. The molecule has 2 aromatic rings. The van der Waals surface area contributed by atoms with Gasteiger partial charge in [-0.1, -0.05) is 13.0 Å². The van der Waals surface area contributed by atoms with Gasteiger partial charge in [0.05, 0.1) is 24.3 Å². The number of benzene rings is 2. The molecular formula is C21H21F4N3O3. The van der Waals surface area contributed by atoms with Gasteiger partial charge >= 0.3 is 6.18 Å². The Kier molecular flexibility index (Phi) is 6.67. The number of rotatable bonds is 6. The Morgan fingerprint density at radius 1 is 1.19 bits per heavy atom. The summed E-state index contributed by atoms with van der Waals surface area (Å²) in [7, 11) is 0. The smallest absolute Gasteiger partial charge is 0.416 e. The molecule has 1 aliphatic rings. The molecule has 31 heavy (non-hydrogen) atoms. The van der Waals surface area contributed by atoms with Gasteiger partial charge < -0.3 is 20.3 Å². The molecule has 1 unspecified atom stereocenters. The van der Waals surface area contributed by atoms with Crippen LogP contribution in [0.3, 0.4) is 0 Å². The molecule has 0 saturated heterocycles. The molecule has 0 saturated carbocycles. The van der Waals surface area contributed by atoms with Crippen molar-refractivity contribution < 1.29 is 31.9 Å². The van der Waals surface area contributed by atoms with Gasteiger partial charge in [0, 0.05) is 18.3 Å². The zero-order valence-electron chi connectivity index (χ0n) is 16.6. The first-order chi connectivity index (χ1) is 14.7. The SMILES string of the molecule is CCCNC(=O)C1CN(CC(=O)Nc2cccc(C(F)(F)F)c2)c2ccc(F)cc2O1. The molecule has 0 spiro atoms. The Labute approximate surface area is 176 Å². The van der Waals surface area contributed by atoms with Crippen molar-refractivity contribution in [3.8, 4) is 5.75 Å². The molecule has 1 atom stereocenters. The van der Waals surface area contributed by atoms with E-state index in [9.17, 15) is 27.2 Å². The molecule has 2 aromatic carbocycles. The van der Waals surface area contributed by atoms with E-state index in [0.29, 0.717) is 18.7 Å². The topological polar surface area (TPSA) is 70.7 Å². The number of nitrogens with zero attached hydrogens (tertiary/aromatic N) is 1. The van der Waals surface area contributed by atoms with Gasteiger partial charge in [0.1, 0.15) is 11.6 Å². The van der Waals surface area contributed by atoms with Gasteiger partial charge in [-0.05, 0) is 36.8 Å². The molecule has 166 valence electrons. The van der Waals surface area contributed by atoms with E-state index >= 15 is 0 Å². The van der Waals surface area contributed by atoms with Crippen molar-refractivity contribution in [2.24, 2.45) is 0 Å². The Bertz CT molecular complexity index is 965. The molecule has 10 heteroatoms. The van der Waals surface area contributed by atoms with Crippen LogP contribution >= 0.6 is 0 Å². The van der Waals surface area contributed by atoms with E-state index in [1.165, 1.54) is 29.2 Å². The van der Waals surface area contributed by atoms with Crippen molar-refractivity contribution in [2.75, 3.05) is 29.9 Å². The maximum atomic E-state index is 13.7. The molecule has 0 bridgehead atoms. The Hall–Kier alpha value is -3.30. The number of ether oxygens (including phenoxy) is 1. The molecule has 0 radical (unpaired) electrons. The van der Waals surface area contributed by atoms with E-state index in [0.717, 1.165) is 18.2 Å². The fourth-order valence-electron chi connectivity index (χ4n) is 3.13. The monoisotopic (exact) mass is 439 g/mol. The Balaban J connectivity index is 1.76. The third kappa shape index (κ3) is 5.65. The van der Waals surface area contributed by atoms with Crippen LogP contribution < -0.4 is 20.3 Å². The number of nitrogens with one attached hydrogen (secondary N) is 2. The zero-order chi connectivity index (χ0) is 22.6. The molecule has 0 aliphatic carbocycles. The number of hydrogen-bond acceptors (Lipinski definition) is 4. The molecule has 2 N–H and O–H groups in total. The first-order valence-corrected chi connectivity index (χ1v) is 9.63. The minimum atomic E-state index is -4.53. The number of halogens is 4. The molecular weight excluding hydrogens is 418 g/mol. The summed E-state index contributed by atoms with van der Waals surface area (Å²) < 4.78 is 57.9. The minimum absolute atomic E-state index is 0.00958. The average Bonchev–Trinajstić information content (AvgIpc) is 2.71. The van der Waals surface area contributed by atoms with Crippen LogP contribution in [0.5, 0.6) is 5.75 Å². The molecule has 1 aliphatic heterocycles. The largest absolute Gasteiger partial charge is 0.476 e. The van der Waals surface area contributed by atoms with Gasteiger partial charge in [0.15, 0.2) is 6.10 Å². The Morgan fingerprint density at radius 2 is 1.97 bits per heavy atom. The van der Waals surface area contributed by atoms with Crippen molar-refractivity contribution in [1.29, 1.82) is 0 Å². The first-order valence-electron chi connectivity index (χ1n) is 9.63. The summed E-state index contributed by atoms with van der Waals surface area (Å²) in [6, 6.07) is 8.01. The van der Waals surface area contributed by atoms with Crippen LogP contribution in [-0.4, -0.2) is 37.6 Å². The van der Waals surface area contributed by atoms with Crippen molar-refractivity contribution in [3.63, 3.8) is 0 Å². The van der Waals surface area contributed by atoms with Gasteiger partial charge in [0.2, 0.25) is 5.91 Å². The van der Waals surface area contributed by atoms with E-state index in [2.05, 4.69) is 10.6 Å². The standard InChI is InChI=1S/C21H21F4N3O3/c1-2-8-26-20(30)18-11-28(16-7-6-14(22)10-17(16)31-18)12-19(29)27-15-5-3-4-13(9-15)21(23,24)25/h3-7,9-10,18H,2,8,11-12H2,1H3,(H,26,30)(H,27,29). The van der Waals surface area contributed by atoms with Crippen LogP contribution in [0.4, 0.5) is 28.9 Å². The van der Waals surface area contributed by atoms with Crippen molar-refractivity contribution in [3.05, 3.63) is 53.8 Å². The molecule has 0 fully saturated rings. The third-order valence-electron chi connectivity index (χ3n) is 4.57. The van der Waals surface area contributed by atoms with Gasteiger partial charge in [-0.2, -0.15) is 13.2 Å². The summed E-state index contributed by atoms with van der Waals surface area (Å²) in [5.74, 6) is -1.46. The predicted molar refractivity (Wildman–Crippen MR) is 106 cm³/mol. The van der Waals surface area contributed by atoms with Gasteiger partial charge in [-0.25, -0.2) is 4.39 Å². The summed E-state index contributed by atoms with van der Waals surface area (Å²) in [5, 5.41) is 5.12. The van der Waals surface area contributed by atoms with Gasteiger partial charge in [-0.3, -0.25) is 9.59 Å². The molecule has 0 aromatic heterocycles. The second kappa shape index (κ2) is 9.23. The lowest BCUT2D eigenvalue weighted by Gasteiger charge is -2.35. The fourth-order valence-corrected chi connectivity index (χ4v) is 3.13. The summed E-state index contributed by atoms with van der Waals surface area (Å²) in [5.41, 5.74) is -0.491. The van der Waals surface area contributed by atoms with Gasteiger partial charge in [0.25, 0.3) is 5.91 Å². The highest BCUT2D eigenvalue weighted by Crippen LogP contribution is 2.34. The van der Waals surface area contributed by atoms with Gasteiger partial charge in [-0.15, -0.1) is 0 Å². The molecule has 6 nitrogen and oxygen atoms in total. The summed E-state index contributed by atoms with van der Waals surface area (Å²) >= 11 is 0. The molecule has 1 heterocycles. The predicted octanol–water partition coefficient (Wildman–Crippen LogP) is 3.58. The van der Waals surface area contributed by atoms with Crippen molar-refractivity contribution in [1.82, 2.24) is 5.32 Å². The maximum Gasteiger partial charge on any atom is 0.416 e. The van der Waals surface area contributed by atoms with E-state index in [4.69, 9.17) is 4.74 Å². The number of hydrogen-bond donors (Lipinski definition) is 2. The number of fused-ring (bicyclic) bond motifs is 1. The van der Waals surface area contributed by atoms with E-state index < -0.39 is 35.5 Å². The van der Waals surface area contributed by atoms with E-state index in [-0.39, 0.29) is 24.5 Å². The number of carbonyl (C=O) groups is 2. The number of carbonyl (C=O) groups excluding carboxylic acids is 2. The Morgan fingerprint density at radius 3 is 2.68 bits per heavy atom. The zero-order valence-corrected chi connectivity index (χ0v) is 16.6. The lowest BCUT2D eigenvalue weighted by Crippen LogP contribution is -2.50. The van der Waals surface area contributed by atoms with Crippen LogP contribution in [0, 0.1) is 5.82 Å². The second-order valence-corrected chi connectivity index (χ2v) is 7.02. The van der Waals surface area contributed by atoms with Crippen LogP contribution in [0.1, 0.15) is 18.9 Å². The average molecular weight is 439 g/mol. The fraction of sp³-hybridized carbons (Fsp3) is 0.333. The quantitative estimate of drug-likeness (QED) is 0.676. The molecule has 3 rings (SSSR count). The highest BCUT2D eigenvalue weighted by atomic mass is 19.4. The number of anilines is 2. The maximum absolute atomic E-state index is 13.7. The summed E-state index contributed by atoms with van der Waals surface area (Å²) in [6.45, 7) is 2.07. The lowest BCUT2D eigenvalue weighted by molar-refractivity contribution is -0.137. The van der Waals surface area contributed by atoms with E-state index in [1.807, 2.05) is 6.92 Å².